The molecule has 2 aromatic heterocycles. The maximum Gasteiger partial charge on any atom is 0.251 e. The minimum atomic E-state index is -0.127. The highest BCUT2D eigenvalue weighted by molar-refractivity contribution is 5.97. The third-order valence-electron chi connectivity index (χ3n) is 4.10. The highest BCUT2D eigenvalue weighted by atomic mass is 16.3. The van der Waals surface area contributed by atoms with Gasteiger partial charge in [0.25, 0.3) is 5.91 Å². The molecule has 1 saturated carbocycles. The number of nitrogens with one attached hydrogen (secondary N) is 1. The minimum Gasteiger partial charge on any atom is -0.440 e. The lowest BCUT2D eigenvalue weighted by molar-refractivity contribution is 0.0940. The minimum absolute atomic E-state index is 0.0401. The molecule has 1 N–H and O–H groups in total. The van der Waals surface area contributed by atoms with Crippen LogP contribution in [-0.4, -0.2) is 26.9 Å². The van der Waals surface area contributed by atoms with Crippen LogP contribution in [0.2, 0.25) is 0 Å². The number of nitrogens with zero attached hydrogens (tertiary/aromatic N) is 3. The van der Waals surface area contributed by atoms with Gasteiger partial charge in [-0.25, -0.2) is 4.98 Å². The van der Waals surface area contributed by atoms with Gasteiger partial charge in [0.2, 0.25) is 0 Å². The Kier molecular flexibility index (Phi) is 3.72. The van der Waals surface area contributed by atoms with E-state index in [1.807, 2.05) is 13.0 Å². The summed E-state index contributed by atoms with van der Waals surface area (Å²) in [5.74, 6) is 1.12. The maximum absolute atomic E-state index is 12.4. The average Bonchev–Trinajstić information content (AvgIpc) is 3.34. The van der Waals surface area contributed by atoms with Crippen molar-refractivity contribution in [3.63, 3.8) is 0 Å². The molecule has 0 aliphatic heterocycles. The number of aromatic nitrogens is 3. The van der Waals surface area contributed by atoms with Crippen LogP contribution < -0.4 is 5.32 Å². The van der Waals surface area contributed by atoms with Gasteiger partial charge in [-0.3, -0.25) is 14.8 Å². The Hall–Kier alpha value is -2.76. The number of benzene rings is 1. The van der Waals surface area contributed by atoms with Crippen LogP contribution in [0.15, 0.2) is 41.2 Å². The predicted molar refractivity (Wildman–Crippen MR) is 88.6 cm³/mol. The molecule has 1 atom stereocenters. The fourth-order valence-corrected chi connectivity index (χ4v) is 2.70. The second-order valence-corrected chi connectivity index (χ2v) is 6.28. The van der Waals surface area contributed by atoms with Gasteiger partial charge in [-0.1, -0.05) is 0 Å². The molecule has 0 bridgehead atoms. The van der Waals surface area contributed by atoms with Gasteiger partial charge in [-0.2, -0.15) is 0 Å². The summed E-state index contributed by atoms with van der Waals surface area (Å²) in [5, 5.41) is 2.98. The van der Waals surface area contributed by atoms with Crippen molar-refractivity contribution in [3.05, 3.63) is 53.9 Å². The highest BCUT2D eigenvalue weighted by Crippen LogP contribution is 2.40. The second kappa shape index (κ2) is 6.03. The van der Waals surface area contributed by atoms with Crippen molar-refractivity contribution in [3.8, 4) is 0 Å². The molecule has 0 spiro atoms. The lowest BCUT2D eigenvalue weighted by atomic mass is 10.1. The third-order valence-corrected chi connectivity index (χ3v) is 4.10. The number of fused-ring (bicyclic) bond motifs is 1. The van der Waals surface area contributed by atoms with E-state index in [1.54, 1.807) is 30.7 Å². The van der Waals surface area contributed by atoms with E-state index >= 15 is 0 Å². The Morgan fingerprint density at radius 1 is 1.38 bits per heavy atom. The number of rotatable bonds is 5. The Labute approximate surface area is 139 Å². The Bertz CT molecular complexity index is 871. The summed E-state index contributed by atoms with van der Waals surface area (Å²) in [6.45, 7) is 1.95. The monoisotopic (exact) mass is 322 g/mol. The molecular formula is C18H18N4O2. The van der Waals surface area contributed by atoms with E-state index in [2.05, 4.69) is 20.3 Å². The van der Waals surface area contributed by atoms with Gasteiger partial charge in [-0.05, 0) is 38.0 Å². The summed E-state index contributed by atoms with van der Waals surface area (Å²) < 4.78 is 5.77. The molecule has 1 aromatic carbocycles. The van der Waals surface area contributed by atoms with Gasteiger partial charge in [0.15, 0.2) is 11.5 Å². The molecule has 4 rings (SSSR count). The fourth-order valence-electron chi connectivity index (χ4n) is 2.70. The molecule has 0 saturated heterocycles. The Morgan fingerprint density at radius 3 is 3.00 bits per heavy atom. The summed E-state index contributed by atoms with van der Waals surface area (Å²) >= 11 is 0. The summed E-state index contributed by atoms with van der Waals surface area (Å²) in [4.78, 5) is 25.2. The van der Waals surface area contributed by atoms with Crippen molar-refractivity contribution >= 4 is 17.0 Å². The number of carbonyl (C=O) groups is 1. The number of oxazole rings is 1. The normalized spacial score (nSPS) is 15.4. The molecule has 2 heterocycles. The van der Waals surface area contributed by atoms with Crippen LogP contribution in [0.25, 0.3) is 11.1 Å². The van der Waals surface area contributed by atoms with Crippen molar-refractivity contribution in [1.29, 1.82) is 0 Å². The van der Waals surface area contributed by atoms with Crippen LogP contribution >= 0.6 is 0 Å². The Balaban J connectivity index is 1.46. The molecule has 1 aliphatic carbocycles. The van der Waals surface area contributed by atoms with E-state index in [4.69, 9.17) is 4.42 Å². The Morgan fingerprint density at radius 2 is 2.25 bits per heavy atom. The van der Waals surface area contributed by atoms with Crippen LogP contribution in [0, 0.1) is 0 Å². The average molecular weight is 322 g/mol. The number of carbonyl (C=O) groups excluding carboxylic acids is 1. The zero-order valence-electron chi connectivity index (χ0n) is 13.4. The first kappa shape index (κ1) is 14.8. The first-order valence-electron chi connectivity index (χ1n) is 8.15. The zero-order chi connectivity index (χ0) is 16.5. The molecule has 122 valence electrons. The zero-order valence-corrected chi connectivity index (χ0v) is 13.4. The van der Waals surface area contributed by atoms with E-state index in [9.17, 15) is 4.79 Å². The summed E-state index contributed by atoms with van der Waals surface area (Å²) in [6.07, 6.45) is 7.91. The standard InChI is InChI=1S/C18H18N4O2/c1-11(8-14-10-19-6-7-20-14)21-17(23)13-4-5-15-16(9-13)24-18(22-15)12-2-3-12/h4-7,9-12H,2-3,8H2,1H3,(H,21,23). The smallest absolute Gasteiger partial charge is 0.251 e. The molecule has 0 radical (unpaired) electrons. The maximum atomic E-state index is 12.4. The number of hydrogen-bond acceptors (Lipinski definition) is 5. The summed E-state index contributed by atoms with van der Waals surface area (Å²) in [7, 11) is 0. The SMILES string of the molecule is CC(Cc1cnccn1)NC(=O)c1ccc2nc(C3CC3)oc2c1. The van der Waals surface area contributed by atoms with E-state index in [0.29, 0.717) is 23.5 Å². The molecule has 6 heteroatoms. The van der Waals surface area contributed by atoms with Gasteiger partial charge in [0.1, 0.15) is 5.52 Å². The molecular weight excluding hydrogens is 304 g/mol. The topological polar surface area (TPSA) is 80.9 Å². The largest absolute Gasteiger partial charge is 0.440 e. The highest BCUT2D eigenvalue weighted by Gasteiger charge is 2.29. The first-order chi connectivity index (χ1) is 11.7. The quantitative estimate of drug-likeness (QED) is 0.781. The first-order valence-corrected chi connectivity index (χ1v) is 8.15. The lowest BCUT2D eigenvalue weighted by Gasteiger charge is -2.13. The number of hydrogen-bond donors (Lipinski definition) is 1. The van der Waals surface area contributed by atoms with Crippen LogP contribution in [0.5, 0.6) is 0 Å². The van der Waals surface area contributed by atoms with Gasteiger partial charge in [0.05, 0.1) is 5.69 Å². The van der Waals surface area contributed by atoms with Crippen LogP contribution in [0.1, 0.15) is 47.6 Å². The van der Waals surface area contributed by atoms with Gasteiger partial charge in [0, 0.05) is 42.5 Å². The van der Waals surface area contributed by atoms with Crippen molar-refractivity contribution < 1.29 is 9.21 Å². The van der Waals surface area contributed by atoms with Crippen molar-refractivity contribution in [1.82, 2.24) is 20.3 Å². The fraction of sp³-hybridized carbons (Fsp3) is 0.333. The van der Waals surface area contributed by atoms with E-state index < -0.39 is 0 Å². The lowest BCUT2D eigenvalue weighted by Crippen LogP contribution is -2.34. The molecule has 6 nitrogen and oxygen atoms in total. The van der Waals surface area contributed by atoms with E-state index in [-0.39, 0.29) is 11.9 Å². The summed E-state index contributed by atoms with van der Waals surface area (Å²) in [5.41, 5.74) is 2.91. The second-order valence-electron chi connectivity index (χ2n) is 6.28. The van der Waals surface area contributed by atoms with E-state index in [0.717, 1.165) is 29.9 Å². The number of amides is 1. The van der Waals surface area contributed by atoms with Crippen molar-refractivity contribution in [2.24, 2.45) is 0 Å². The molecule has 1 unspecified atom stereocenters. The van der Waals surface area contributed by atoms with Crippen molar-refractivity contribution in [2.45, 2.75) is 38.1 Å². The van der Waals surface area contributed by atoms with Crippen molar-refractivity contribution in [2.75, 3.05) is 0 Å². The molecule has 1 amide bonds. The molecule has 24 heavy (non-hydrogen) atoms. The van der Waals surface area contributed by atoms with Crippen LogP contribution in [-0.2, 0) is 6.42 Å². The summed E-state index contributed by atoms with van der Waals surface area (Å²) in [6, 6.07) is 5.35. The molecule has 3 aromatic rings. The molecule has 1 aliphatic rings. The predicted octanol–water partition coefficient (Wildman–Crippen LogP) is 2.86. The van der Waals surface area contributed by atoms with Crippen LogP contribution in [0.3, 0.4) is 0 Å². The van der Waals surface area contributed by atoms with Crippen LogP contribution in [0.4, 0.5) is 0 Å². The molecule has 1 fully saturated rings. The van der Waals surface area contributed by atoms with E-state index in [1.165, 1.54) is 0 Å². The van der Waals surface area contributed by atoms with Gasteiger partial charge >= 0.3 is 0 Å². The van der Waals surface area contributed by atoms with Gasteiger partial charge in [-0.15, -0.1) is 0 Å². The van der Waals surface area contributed by atoms with Gasteiger partial charge < -0.3 is 9.73 Å². The third kappa shape index (κ3) is 3.13.